The molecule has 0 saturated heterocycles. The summed E-state index contributed by atoms with van der Waals surface area (Å²) in [6.07, 6.45) is 3.35. The van der Waals surface area contributed by atoms with Crippen molar-refractivity contribution in [3.05, 3.63) is 95.9 Å². The Morgan fingerprint density at radius 1 is 1.09 bits per heavy atom. The maximum Gasteiger partial charge on any atom is 0.290 e. The van der Waals surface area contributed by atoms with E-state index in [0.29, 0.717) is 12.1 Å². The molecule has 1 amide bonds. The number of benzene rings is 3. The lowest BCUT2D eigenvalue weighted by atomic mass is 9.92. The van der Waals surface area contributed by atoms with Crippen LogP contribution in [-0.4, -0.2) is 59.2 Å². The number of carbonyl (C=O) groups is 2. The molecule has 5 aromatic rings. The molecule has 3 heterocycles. The number of carbonyl (C=O) groups excluding carboxylic acids is 2. The topological polar surface area (TPSA) is 112 Å². The number of rotatable bonds is 10. The molecule has 0 bridgehead atoms. The van der Waals surface area contributed by atoms with E-state index in [2.05, 4.69) is 24.4 Å². The number of nitrogens with one attached hydrogen (secondary N) is 1. The summed E-state index contributed by atoms with van der Waals surface area (Å²) in [5, 5.41) is 13.7. The molecule has 44 heavy (non-hydrogen) atoms. The number of aliphatic hydroxyl groups excluding tert-OH is 1. The van der Waals surface area contributed by atoms with Crippen LogP contribution in [0.3, 0.4) is 0 Å². The number of aliphatic hydroxyl groups is 1. The monoisotopic (exact) mass is 611 g/mol. The second-order valence-corrected chi connectivity index (χ2v) is 11.7. The summed E-state index contributed by atoms with van der Waals surface area (Å²) in [5.74, 6) is -0.616. The summed E-state index contributed by atoms with van der Waals surface area (Å²) < 4.78 is 20.0. The third kappa shape index (κ3) is 6.44. The van der Waals surface area contributed by atoms with Gasteiger partial charge in [-0.3, -0.25) is 14.2 Å². The number of aromatic nitrogens is 2. The molecule has 0 spiro atoms. The van der Waals surface area contributed by atoms with Crippen LogP contribution in [0, 0.1) is 6.92 Å². The second-order valence-electron chi connectivity index (χ2n) is 10.6. The Balaban J connectivity index is 1.23. The summed E-state index contributed by atoms with van der Waals surface area (Å²) in [6.45, 7) is 4.24. The third-order valence-corrected chi connectivity index (χ3v) is 8.53. The quantitative estimate of drug-likeness (QED) is 0.179. The maximum absolute atomic E-state index is 13.5. The second kappa shape index (κ2) is 13.1. The number of nitrogens with zero attached hydrogens (tertiary/aromatic N) is 2. The van der Waals surface area contributed by atoms with E-state index in [-0.39, 0.29) is 44.0 Å². The minimum atomic E-state index is -0.715. The van der Waals surface area contributed by atoms with Crippen LogP contribution in [0.25, 0.3) is 31.7 Å². The van der Waals surface area contributed by atoms with E-state index in [1.165, 1.54) is 12.5 Å². The molecule has 1 aliphatic rings. The van der Waals surface area contributed by atoms with Gasteiger partial charge in [-0.2, -0.15) is 0 Å². The fourth-order valence-corrected chi connectivity index (χ4v) is 6.42. The van der Waals surface area contributed by atoms with Crippen molar-refractivity contribution in [2.24, 2.45) is 0 Å². The van der Waals surface area contributed by atoms with Crippen LogP contribution >= 0.6 is 11.3 Å². The van der Waals surface area contributed by atoms with E-state index in [1.54, 1.807) is 22.0 Å². The van der Waals surface area contributed by atoms with Crippen molar-refractivity contribution in [3.8, 4) is 10.6 Å². The van der Waals surface area contributed by atoms with E-state index in [9.17, 15) is 9.59 Å². The first kappa shape index (κ1) is 29.7. The minimum absolute atomic E-state index is 0.0729. The van der Waals surface area contributed by atoms with Crippen molar-refractivity contribution in [2.75, 3.05) is 31.7 Å². The van der Waals surface area contributed by atoms with E-state index in [0.717, 1.165) is 37.3 Å². The van der Waals surface area contributed by atoms with Gasteiger partial charge in [0.15, 0.2) is 5.76 Å². The first-order chi connectivity index (χ1) is 21.4. The Labute approximate surface area is 258 Å². The smallest absolute Gasteiger partial charge is 0.290 e. The molecule has 0 fully saturated rings. The summed E-state index contributed by atoms with van der Waals surface area (Å²) in [7, 11) is 0. The first-order valence-corrected chi connectivity index (χ1v) is 15.3. The van der Waals surface area contributed by atoms with Gasteiger partial charge in [-0.05, 0) is 66.6 Å². The van der Waals surface area contributed by atoms with E-state index >= 15 is 0 Å². The highest BCUT2D eigenvalue weighted by Crippen LogP contribution is 2.37. The molecule has 2 atom stereocenters. The maximum atomic E-state index is 13.5. The van der Waals surface area contributed by atoms with Gasteiger partial charge in [-0.1, -0.05) is 24.3 Å². The third-order valence-electron chi connectivity index (χ3n) is 7.46. The predicted octanol–water partition coefficient (Wildman–Crippen LogP) is 6.26. The lowest BCUT2D eigenvalue weighted by Gasteiger charge is -2.29. The molecule has 2 unspecified atom stereocenters. The van der Waals surface area contributed by atoms with Crippen LogP contribution < -0.4 is 5.32 Å². The Bertz CT molecular complexity index is 1840. The Kier molecular flexibility index (Phi) is 8.85. The summed E-state index contributed by atoms with van der Waals surface area (Å²) in [5.41, 5.74) is 5.45. The Hall–Kier alpha value is -4.35. The molecule has 226 valence electrons. The standard InChI is InChI=1S/C34H33N3O6S/c1-21-7-12-28-31(17-21)44-34(36-28)23-8-10-25(11-9-23)35-33(40)30-18-24(19-32(43-30)42-16-15-41-14-13-38)27-20-37(22(2)39)29-6-4-3-5-26(27)29/h3-12,17-18,20,24,32,38H,13-16,19H2,1-2H3,(H,35,40). The number of ether oxygens (including phenoxy) is 3. The van der Waals surface area contributed by atoms with E-state index in [1.807, 2.05) is 60.8 Å². The first-order valence-electron chi connectivity index (χ1n) is 14.5. The number of hydrogen-bond acceptors (Lipinski definition) is 8. The number of para-hydroxylation sites is 1. The van der Waals surface area contributed by atoms with Crippen LogP contribution in [0.15, 0.2) is 84.8 Å². The highest BCUT2D eigenvalue weighted by atomic mass is 32.1. The molecule has 6 rings (SSSR count). The molecular weight excluding hydrogens is 578 g/mol. The van der Waals surface area contributed by atoms with Gasteiger partial charge in [-0.15, -0.1) is 11.3 Å². The normalized spacial score (nSPS) is 16.6. The zero-order chi connectivity index (χ0) is 30.6. The molecule has 0 saturated carbocycles. The minimum Gasteiger partial charge on any atom is -0.459 e. The van der Waals surface area contributed by atoms with Crippen LogP contribution in [0.2, 0.25) is 0 Å². The largest absolute Gasteiger partial charge is 0.459 e. The van der Waals surface area contributed by atoms with Crippen molar-refractivity contribution in [2.45, 2.75) is 32.5 Å². The summed E-state index contributed by atoms with van der Waals surface area (Å²) in [4.78, 5) is 30.7. The molecule has 9 nitrogen and oxygen atoms in total. The van der Waals surface area contributed by atoms with Crippen LogP contribution in [0.5, 0.6) is 0 Å². The van der Waals surface area contributed by atoms with Gasteiger partial charge in [0.25, 0.3) is 5.91 Å². The average molecular weight is 612 g/mol. The fraction of sp³-hybridized carbons (Fsp3) is 0.265. The Morgan fingerprint density at radius 2 is 1.91 bits per heavy atom. The van der Waals surface area contributed by atoms with E-state index < -0.39 is 12.2 Å². The number of anilines is 1. The summed E-state index contributed by atoms with van der Waals surface area (Å²) >= 11 is 1.63. The highest BCUT2D eigenvalue weighted by molar-refractivity contribution is 7.21. The molecule has 0 radical (unpaired) electrons. The van der Waals surface area contributed by atoms with Gasteiger partial charge >= 0.3 is 0 Å². The van der Waals surface area contributed by atoms with Crippen molar-refractivity contribution in [1.29, 1.82) is 0 Å². The van der Waals surface area contributed by atoms with Crippen molar-refractivity contribution < 1.29 is 28.9 Å². The number of hydrogen-bond donors (Lipinski definition) is 2. The molecule has 2 N–H and O–H groups in total. The number of fused-ring (bicyclic) bond motifs is 2. The van der Waals surface area contributed by atoms with Gasteiger partial charge in [0.1, 0.15) is 5.01 Å². The molecule has 10 heteroatoms. The predicted molar refractivity (Wildman–Crippen MR) is 171 cm³/mol. The van der Waals surface area contributed by atoms with E-state index in [4.69, 9.17) is 24.3 Å². The number of amides is 1. The number of allylic oxidation sites excluding steroid dienone is 1. The molecule has 0 aliphatic carbocycles. The van der Waals surface area contributed by atoms with Gasteiger partial charge in [-0.25, -0.2) is 4.98 Å². The van der Waals surface area contributed by atoms with Gasteiger partial charge < -0.3 is 24.6 Å². The number of thiazole rings is 1. The van der Waals surface area contributed by atoms with Gasteiger partial charge in [0.05, 0.1) is 42.2 Å². The Morgan fingerprint density at radius 3 is 2.70 bits per heavy atom. The molecular formula is C34H33N3O6S. The molecule has 1 aliphatic heterocycles. The van der Waals surface area contributed by atoms with Crippen LogP contribution in [0.4, 0.5) is 5.69 Å². The number of aryl methyl sites for hydroxylation is 1. The van der Waals surface area contributed by atoms with Crippen LogP contribution in [0.1, 0.15) is 35.2 Å². The SMILES string of the molecule is CC(=O)n1cc(C2C=C(C(=O)Nc3ccc(-c4nc5ccc(C)cc5s4)cc3)OC(OCCOCCO)C2)c2ccccc21. The lowest BCUT2D eigenvalue weighted by molar-refractivity contribution is -0.148. The molecule has 2 aromatic heterocycles. The average Bonchev–Trinajstić information content (AvgIpc) is 3.63. The zero-order valence-electron chi connectivity index (χ0n) is 24.5. The lowest BCUT2D eigenvalue weighted by Crippen LogP contribution is -2.30. The van der Waals surface area contributed by atoms with Crippen LogP contribution in [-0.2, 0) is 19.0 Å². The van der Waals surface area contributed by atoms with Crippen molar-refractivity contribution >= 4 is 50.0 Å². The van der Waals surface area contributed by atoms with Crippen molar-refractivity contribution in [3.63, 3.8) is 0 Å². The zero-order valence-corrected chi connectivity index (χ0v) is 25.3. The van der Waals surface area contributed by atoms with Gasteiger partial charge in [0.2, 0.25) is 12.2 Å². The van der Waals surface area contributed by atoms with Gasteiger partial charge in [0, 0.05) is 42.1 Å². The summed E-state index contributed by atoms with van der Waals surface area (Å²) in [6, 6.07) is 21.5. The highest BCUT2D eigenvalue weighted by Gasteiger charge is 2.31. The molecule has 3 aromatic carbocycles. The van der Waals surface area contributed by atoms with Crippen molar-refractivity contribution in [1.82, 2.24) is 9.55 Å². The fourth-order valence-electron chi connectivity index (χ4n) is 5.35.